The van der Waals surface area contributed by atoms with Crippen LogP contribution in [0.2, 0.25) is 0 Å². The third kappa shape index (κ3) is 3.20. The summed E-state index contributed by atoms with van der Waals surface area (Å²) in [6, 6.07) is 19.3. The summed E-state index contributed by atoms with van der Waals surface area (Å²) in [5, 5.41) is 13.1. The normalized spacial score (nSPS) is 14.0. The molecule has 0 bridgehead atoms. The lowest BCUT2D eigenvalue weighted by atomic mass is 10.1. The molecule has 0 amide bonds. The molecule has 0 aliphatic carbocycles. The highest BCUT2D eigenvalue weighted by atomic mass is 16.3. The Kier molecular flexibility index (Phi) is 3.99. The quantitative estimate of drug-likeness (QED) is 0.359. The van der Waals surface area contributed by atoms with E-state index in [1.54, 1.807) is 18.2 Å². The molecule has 7 heteroatoms. The molecule has 6 rings (SSSR count). The van der Waals surface area contributed by atoms with Crippen LogP contribution in [-0.4, -0.2) is 44.0 Å². The summed E-state index contributed by atoms with van der Waals surface area (Å²) in [7, 11) is 0. The number of aromatic hydroxyl groups is 1. The predicted molar refractivity (Wildman–Crippen MR) is 122 cm³/mol. The molecule has 3 aromatic carbocycles. The van der Waals surface area contributed by atoms with E-state index in [1.165, 1.54) is 0 Å². The van der Waals surface area contributed by atoms with Crippen molar-refractivity contribution >= 4 is 27.9 Å². The zero-order valence-electron chi connectivity index (χ0n) is 16.7. The molecule has 0 unspecified atom stereocenters. The minimum Gasteiger partial charge on any atom is -0.508 e. The van der Waals surface area contributed by atoms with Gasteiger partial charge in [0.15, 0.2) is 0 Å². The molecule has 0 fully saturated rings. The highest BCUT2D eigenvalue weighted by Gasteiger charge is 2.12. The van der Waals surface area contributed by atoms with E-state index in [4.69, 9.17) is 4.98 Å². The topological polar surface area (TPSA) is 102 Å². The van der Waals surface area contributed by atoms with Gasteiger partial charge in [-0.1, -0.05) is 12.1 Å². The van der Waals surface area contributed by atoms with E-state index < -0.39 is 0 Å². The van der Waals surface area contributed by atoms with E-state index in [1.807, 2.05) is 30.3 Å². The van der Waals surface area contributed by atoms with Crippen LogP contribution in [0, 0.1) is 0 Å². The number of H-pyrrole nitrogens is 2. The fourth-order valence-electron chi connectivity index (χ4n) is 3.97. The number of rotatable bonds is 3. The van der Waals surface area contributed by atoms with Gasteiger partial charge in [0.2, 0.25) is 0 Å². The Hall–Kier alpha value is -4.13. The number of hydrogen-bond donors (Lipinski definition) is 4. The Morgan fingerprint density at radius 3 is 2.10 bits per heavy atom. The van der Waals surface area contributed by atoms with Gasteiger partial charge < -0.3 is 20.4 Å². The number of hydrogen-bond acceptors (Lipinski definition) is 5. The first-order valence-electron chi connectivity index (χ1n) is 10.3. The molecule has 0 saturated carbocycles. The summed E-state index contributed by atoms with van der Waals surface area (Å²) in [6.07, 6.45) is 1.07. The summed E-state index contributed by atoms with van der Waals surface area (Å²) in [5.41, 5.74) is 6.56. The van der Waals surface area contributed by atoms with Crippen molar-refractivity contribution in [2.75, 3.05) is 13.1 Å². The Bertz CT molecular complexity index is 1460. The fraction of sp³-hybridized carbons (Fsp3) is 0.125. The predicted octanol–water partition coefficient (Wildman–Crippen LogP) is 4.22. The fourth-order valence-corrected chi connectivity index (χ4v) is 3.97. The number of benzene rings is 3. The molecule has 5 aromatic rings. The van der Waals surface area contributed by atoms with Gasteiger partial charge in [0, 0.05) is 29.8 Å². The average Bonchev–Trinajstić information content (AvgIpc) is 3.43. The largest absolute Gasteiger partial charge is 0.508 e. The monoisotopic (exact) mass is 408 g/mol. The summed E-state index contributed by atoms with van der Waals surface area (Å²) >= 11 is 0. The van der Waals surface area contributed by atoms with Gasteiger partial charge in [0.25, 0.3) is 0 Å². The van der Waals surface area contributed by atoms with Gasteiger partial charge in [-0.25, -0.2) is 9.97 Å². The highest BCUT2D eigenvalue weighted by molar-refractivity contribution is 6.01. The number of aromatic amines is 2. The summed E-state index contributed by atoms with van der Waals surface area (Å²) in [6.45, 7) is 1.82. The number of fused-ring (bicyclic) bond motifs is 2. The molecule has 31 heavy (non-hydrogen) atoms. The Labute approximate surface area is 177 Å². The van der Waals surface area contributed by atoms with Crippen molar-refractivity contribution in [3.8, 4) is 28.5 Å². The summed E-state index contributed by atoms with van der Waals surface area (Å²) < 4.78 is 0. The van der Waals surface area contributed by atoms with Crippen molar-refractivity contribution in [2.45, 2.75) is 6.42 Å². The molecule has 4 N–H and O–H groups in total. The average molecular weight is 408 g/mol. The Morgan fingerprint density at radius 1 is 0.742 bits per heavy atom. The van der Waals surface area contributed by atoms with Crippen LogP contribution < -0.4 is 5.32 Å². The maximum atomic E-state index is 9.75. The van der Waals surface area contributed by atoms with Crippen LogP contribution in [0.4, 0.5) is 0 Å². The lowest BCUT2D eigenvalue weighted by Gasteiger charge is -2.14. The highest BCUT2D eigenvalue weighted by Crippen LogP contribution is 2.27. The molecule has 7 nitrogen and oxygen atoms in total. The molecule has 3 heterocycles. The lowest BCUT2D eigenvalue weighted by Crippen LogP contribution is -2.30. The number of imidazole rings is 2. The second-order valence-electron chi connectivity index (χ2n) is 7.70. The number of amidine groups is 1. The van der Waals surface area contributed by atoms with E-state index in [-0.39, 0.29) is 5.75 Å². The molecule has 1 aliphatic rings. The van der Waals surface area contributed by atoms with E-state index in [2.05, 4.69) is 37.4 Å². The molecule has 0 saturated heterocycles. The van der Waals surface area contributed by atoms with Crippen molar-refractivity contribution in [1.82, 2.24) is 25.3 Å². The van der Waals surface area contributed by atoms with Crippen LogP contribution >= 0.6 is 0 Å². The van der Waals surface area contributed by atoms with Gasteiger partial charge in [-0.2, -0.15) is 0 Å². The van der Waals surface area contributed by atoms with Crippen molar-refractivity contribution in [2.24, 2.45) is 4.99 Å². The zero-order chi connectivity index (χ0) is 20.8. The summed E-state index contributed by atoms with van der Waals surface area (Å²) in [4.78, 5) is 20.8. The van der Waals surface area contributed by atoms with Crippen LogP contribution in [0.25, 0.3) is 44.8 Å². The minimum absolute atomic E-state index is 0.217. The zero-order valence-corrected chi connectivity index (χ0v) is 16.7. The number of nitrogens with zero attached hydrogens (tertiary/aromatic N) is 3. The number of phenols is 1. The first-order chi connectivity index (χ1) is 15.2. The van der Waals surface area contributed by atoms with E-state index in [0.717, 1.165) is 75.8 Å². The maximum Gasteiger partial charge on any atom is 0.138 e. The van der Waals surface area contributed by atoms with E-state index in [9.17, 15) is 5.11 Å². The van der Waals surface area contributed by atoms with Crippen molar-refractivity contribution in [3.63, 3.8) is 0 Å². The second-order valence-corrected chi connectivity index (χ2v) is 7.70. The molecule has 2 aromatic heterocycles. The van der Waals surface area contributed by atoms with Gasteiger partial charge in [-0.15, -0.1) is 0 Å². The van der Waals surface area contributed by atoms with Crippen LogP contribution in [0.15, 0.2) is 65.7 Å². The molecule has 0 spiro atoms. The van der Waals surface area contributed by atoms with Gasteiger partial charge in [0.05, 0.1) is 22.1 Å². The molecule has 152 valence electrons. The maximum absolute atomic E-state index is 9.75. The molecule has 0 atom stereocenters. The summed E-state index contributed by atoms with van der Waals surface area (Å²) in [5.74, 6) is 2.69. The van der Waals surface area contributed by atoms with Gasteiger partial charge in [-0.3, -0.25) is 4.99 Å². The SMILES string of the molecule is Oc1cccc(-c2nc3ccc(-c4nc5ccc(C6=NCCCN6)cc5[nH]4)cc3[nH]2)c1. The van der Waals surface area contributed by atoms with Crippen molar-refractivity contribution in [3.05, 3.63) is 66.2 Å². The smallest absolute Gasteiger partial charge is 0.138 e. The van der Waals surface area contributed by atoms with E-state index >= 15 is 0 Å². The Balaban J connectivity index is 1.37. The molecular formula is C24H20N6O. The Morgan fingerprint density at radius 2 is 1.42 bits per heavy atom. The number of nitrogens with one attached hydrogen (secondary N) is 3. The van der Waals surface area contributed by atoms with Crippen molar-refractivity contribution in [1.29, 1.82) is 0 Å². The molecule has 1 aliphatic heterocycles. The number of aliphatic imine (C=N–C) groups is 1. The van der Waals surface area contributed by atoms with Crippen LogP contribution in [-0.2, 0) is 0 Å². The third-order valence-electron chi connectivity index (χ3n) is 5.53. The lowest BCUT2D eigenvalue weighted by molar-refractivity contribution is 0.475. The number of aromatic nitrogens is 4. The van der Waals surface area contributed by atoms with Gasteiger partial charge >= 0.3 is 0 Å². The van der Waals surface area contributed by atoms with Crippen LogP contribution in [0.3, 0.4) is 0 Å². The van der Waals surface area contributed by atoms with Crippen LogP contribution in [0.1, 0.15) is 12.0 Å². The van der Waals surface area contributed by atoms with Crippen molar-refractivity contribution < 1.29 is 5.11 Å². The second kappa shape index (κ2) is 6.98. The van der Waals surface area contributed by atoms with Gasteiger partial charge in [0.1, 0.15) is 23.2 Å². The standard InChI is InChI=1S/C24H20N6O/c31-17-4-1-3-14(11-17)23-27-19-8-6-16(13-21(19)29-23)24-28-18-7-5-15(12-20(18)30-24)22-25-9-2-10-26-22/h1,3-8,11-13,31H,2,9-10H2,(H,25,26)(H,27,29)(H,28,30). The molecular weight excluding hydrogens is 388 g/mol. The first-order valence-corrected chi connectivity index (χ1v) is 10.3. The third-order valence-corrected chi connectivity index (χ3v) is 5.53. The minimum atomic E-state index is 0.217. The van der Waals surface area contributed by atoms with Crippen LogP contribution in [0.5, 0.6) is 5.75 Å². The number of phenolic OH excluding ortho intramolecular Hbond substituents is 1. The molecule has 0 radical (unpaired) electrons. The van der Waals surface area contributed by atoms with Gasteiger partial charge in [-0.05, 0) is 55.0 Å². The first kappa shape index (κ1) is 17.7. The van der Waals surface area contributed by atoms with E-state index in [0.29, 0.717) is 0 Å².